The normalized spacial score (nSPS) is 15.5. The van der Waals surface area contributed by atoms with Gasteiger partial charge in [0.1, 0.15) is 23.8 Å². The summed E-state index contributed by atoms with van der Waals surface area (Å²) in [7, 11) is 1.54. The lowest BCUT2D eigenvalue weighted by atomic mass is 9.98. The SMILES string of the molecule is C=CCOc1ccc([C@H]2c3c(oc4ccc(F)cc4c3=O)C(=O)N2CCOC)cc1. The average Bonchev–Trinajstić information content (AvgIpc) is 3.03. The van der Waals surface area contributed by atoms with E-state index in [0.29, 0.717) is 24.5 Å². The molecule has 1 aliphatic rings. The fourth-order valence-corrected chi connectivity index (χ4v) is 3.66. The Labute approximate surface area is 172 Å². The summed E-state index contributed by atoms with van der Waals surface area (Å²) < 4.78 is 30.2. The molecule has 0 bridgehead atoms. The molecular formula is C23H20FNO5. The molecule has 0 radical (unpaired) electrons. The van der Waals surface area contributed by atoms with E-state index in [1.807, 2.05) is 0 Å². The molecule has 0 saturated carbocycles. The zero-order valence-electron chi connectivity index (χ0n) is 16.4. The molecule has 2 aromatic carbocycles. The smallest absolute Gasteiger partial charge is 0.290 e. The Morgan fingerprint density at radius 3 is 2.67 bits per heavy atom. The number of hydrogen-bond acceptors (Lipinski definition) is 5. The molecule has 6 nitrogen and oxygen atoms in total. The Balaban J connectivity index is 1.86. The van der Waals surface area contributed by atoms with Gasteiger partial charge in [0.25, 0.3) is 5.91 Å². The largest absolute Gasteiger partial charge is 0.490 e. The minimum atomic E-state index is -0.667. The first-order valence-electron chi connectivity index (χ1n) is 9.45. The van der Waals surface area contributed by atoms with Crippen LogP contribution >= 0.6 is 0 Å². The zero-order valence-corrected chi connectivity index (χ0v) is 16.4. The first-order chi connectivity index (χ1) is 14.5. The molecule has 0 N–H and O–H groups in total. The maximum Gasteiger partial charge on any atom is 0.290 e. The monoisotopic (exact) mass is 409 g/mol. The number of hydrogen-bond donors (Lipinski definition) is 0. The van der Waals surface area contributed by atoms with E-state index in [1.54, 1.807) is 30.3 Å². The van der Waals surface area contributed by atoms with E-state index in [0.717, 1.165) is 6.07 Å². The molecule has 1 aliphatic heterocycles. The Bertz CT molecular complexity index is 1170. The highest BCUT2D eigenvalue weighted by atomic mass is 19.1. The third kappa shape index (κ3) is 3.37. The van der Waals surface area contributed by atoms with E-state index in [1.165, 1.54) is 24.1 Å². The molecule has 0 saturated heterocycles. The predicted octanol–water partition coefficient (Wildman–Crippen LogP) is 3.69. The van der Waals surface area contributed by atoms with Gasteiger partial charge in [-0.2, -0.15) is 0 Å². The van der Waals surface area contributed by atoms with Gasteiger partial charge in [-0.25, -0.2) is 4.39 Å². The molecule has 2 heterocycles. The fraction of sp³-hybridized carbons (Fsp3) is 0.217. The fourth-order valence-electron chi connectivity index (χ4n) is 3.66. The lowest BCUT2D eigenvalue weighted by molar-refractivity contribution is 0.0663. The van der Waals surface area contributed by atoms with Crippen LogP contribution in [0.25, 0.3) is 11.0 Å². The summed E-state index contributed by atoms with van der Waals surface area (Å²) in [6.45, 7) is 4.54. The van der Waals surface area contributed by atoms with E-state index < -0.39 is 23.2 Å². The number of carbonyl (C=O) groups is 1. The van der Waals surface area contributed by atoms with Crippen molar-refractivity contribution in [1.29, 1.82) is 0 Å². The summed E-state index contributed by atoms with van der Waals surface area (Å²) in [6.07, 6.45) is 1.64. The van der Waals surface area contributed by atoms with Crippen molar-refractivity contribution < 1.29 is 23.1 Å². The van der Waals surface area contributed by atoms with Crippen LogP contribution in [0.5, 0.6) is 5.75 Å². The molecule has 154 valence electrons. The zero-order chi connectivity index (χ0) is 21.3. The number of methoxy groups -OCH3 is 1. The van der Waals surface area contributed by atoms with Crippen LogP contribution < -0.4 is 10.2 Å². The number of fused-ring (bicyclic) bond motifs is 2. The average molecular weight is 409 g/mol. The highest BCUT2D eigenvalue weighted by Gasteiger charge is 2.42. The Morgan fingerprint density at radius 1 is 1.20 bits per heavy atom. The number of carbonyl (C=O) groups excluding carboxylic acids is 1. The van der Waals surface area contributed by atoms with E-state index in [-0.39, 0.29) is 28.8 Å². The maximum atomic E-state index is 13.8. The van der Waals surface area contributed by atoms with Crippen LogP contribution in [0, 0.1) is 5.82 Å². The van der Waals surface area contributed by atoms with Crippen molar-refractivity contribution in [2.24, 2.45) is 0 Å². The number of halogens is 1. The second kappa shape index (κ2) is 8.12. The van der Waals surface area contributed by atoms with Gasteiger partial charge in [-0.3, -0.25) is 9.59 Å². The molecule has 0 spiro atoms. The van der Waals surface area contributed by atoms with E-state index in [4.69, 9.17) is 13.9 Å². The highest BCUT2D eigenvalue weighted by Crippen LogP contribution is 2.38. The molecule has 0 aliphatic carbocycles. The highest BCUT2D eigenvalue weighted by molar-refractivity contribution is 5.99. The van der Waals surface area contributed by atoms with Crippen molar-refractivity contribution in [2.75, 3.05) is 26.9 Å². The van der Waals surface area contributed by atoms with Gasteiger partial charge in [-0.15, -0.1) is 0 Å². The summed E-state index contributed by atoms with van der Waals surface area (Å²) in [5, 5.41) is 0.103. The summed E-state index contributed by atoms with van der Waals surface area (Å²) in [5.74, 6) is -0.329. The molecular weight excluding hydrogens is 389 g/mol. The van der Waals surface area contributed by atoms with Gasteiger partial charge >= 0.3 is 0 Å². The Morgan fingerprint density at radius 2 is 1.97 bits per heavy atom. The number of amides is 1. The molecule has 7 heteroatoms. The lowest BCUT2D eigenvalue weighted by Gasteiger charge is -2.25. The number of benzene rings is 2. The first kappa shape index (κ1) is 19.8. The van der Waals surface area contributed by atoms with Crippen molar-refractivity contribution in [1.82, 2.24) is 4.90 Å². The van der Waals surface area contributed by atoms with E-state index >= 15 is 0 Å². The molecule has 0 unspecified atom stereocenters. The van der Waals surface area contributed by atoms with Crippen LogP contribution in [0.2, 0.25) is 0 Å². The van der Waals surface area contributed by atoms with Crippen LogP contribution in [0.1, 0.15) is 27.7 Å². The van der Waals surface area contributed by atoms with Gasteiger partial charge in [-0.1, -0.05) is 24.8 Å². The summed E-state index contributed by atoms with van der Waals surface area (Å²) in [6, 6.07) is 10.1. The van der Waals surface area contributed by atoms with Crippen LogP contribution in [0.3, 0.4) is 0 Å². The van der Waals surface area contributed by atoms with Gasteiger partial charge < -0.3 is 18.8 Å². The van der Waals surface area contributed by atoms with Gasteiger partial charge in [-0.05, 0) is 35.9 Å². The molecule has 1 amide bonds. The van der Waals surface area contributed by atoms with Crippen molar-refractivity contribution >= 4 is 16.9 Å². The van der Waals surface area contributed by atoms with E-state index in [9.17, 15) is 14.0 Å². The third-order valence-corrected chi connectivity index (χ3v) is 5.03. The summed E-state index contributed by atoms with van der Waals surface area (Å²) in [4.78, 5) is 27.9. The molecule has 0 fully saturated rings. The number of rotatable bonds is 7. The van der Waals surface area contributed by atoms with Crippen molar-refractivity contribution in [3.63, 3.8) is 0 Å². The van der Waals surface area contributed by atoms with Crippen LogP contribution in [-0.4, -0.2) is 37.7 Å². The minimum absolute atomic E-state index is 0.0211. The minimum Gasteiger partial charge on any atom is -0.490 e. The summed E-state index contributed by atoms with van der Waals surface area (Å²) in [5.41, 5.74) is 0.672. The van der Waals surface area contributed by atoms with Crippen LogP contribution in [0.4, 0.5) is 4.39 Å². The van der Waals surface area contributed by atoms with Gasteiger partial charge in [0, 0.05) is 13.7 Å². The topological polar surface area (TPSA) is 69.0 Å². The Hall–Kier alpha value is -3.45. The standard InChI is InChI=1S/C23H20FNO5/c1-3-11-29-16-7-4-14(5-8-16)20-19-21(26)17-13-15(24)6-9-18(17)30-22(19)23(27)25(20)10-12-28-2/h3-9,13,20H,1,10-12H2,2H3/t20-/m0/s1. The van der Waals surface area contributed by atoms with Crippen molar-refractivity contribution in [2.45, 2.75) is 6.04 Å². The van der Waals surface area contributed by atoms with Crippen molar-refractivity contribution in [3.8, 4) is 5.75 Å². The van der Waals surface area contributed by atoms with Gasteiger partial charge in [0.2, 0.25) is 5.76 Å². The maximum absolute atomic E-state index is 13.8. The Kier molecular flexibility index (Phi) is 5.37. The molecule has 30 heavy (non-hydrogen) atoms. The molecule has 1 aromatic heterocycles. The predicted molar refractivity (Wildman–Crippen MR) is 109 cm³/mol. The second-order valence-electron chi connectivity index (χ2n) is 6.88. The van der Waals surface area contributed by atoms with E-state index in [2.05, 4.69) is 6.58 Å². The third-order valence-electron chi connectivity index (χ3n) is 5.03. The van der Waals surface area contributed by atoms with Crippen molar-refractivity contribution in [3.05, 3.63) is 88.0 Å². The molecule has 1 atom stereocenters. The first-order valence-corrected chi connectivity index (χ1v) is 9.45. The van der Waals surface area contributed by atoms with Crippen LogP contribution in [-0.2, 0) is 4.74 Å². The number of nitrogens with zero attached hydrogens (tertiary/aromatic N) is 1. The molecule has 4 rings (SSSR count). The number of ether oxygens (including phenoxy) is 2. The van der Waals surface area contributed by atoms with Crippen LogP contribution in [0.15, 0.2) is 64.3 Å². The van der Waals surface area contributed by atoms with Gasteiger partial charge in [0.05, 0.1) is 23.6 Å². The second-order valence-corrected chi connectivity index (χ2v) is 6.88. The molecule has 3 aromatic rings. The van der Waals surface area contributed by atoms with Gasteiger partial charge in [0.15, 0.2) is 5.43 Å². The summed E-state index contributed by atoms with van der Waals surface area (Å²) >= 11 is 0. The lowest BCUT2D eigenvalue weighted by Crippen LogP contribution is -2.32. The quantitative estimate of drug-likeness (QED) is 0.557.